The zero-order valence-corrected chi connectivity index (χ0v) is 5.88. The average molecular weight is 151 g/mol. The van der Waals surface area contributed by atoms with Crippen molar-refractivity contribution in [1.29, 1.82) is 0 Å². The van der Waals surface area contributed by atoms with E-state index in [4.69, 9.17) is 10.2 Å². The van der Waals surface area contributed by atoms with Gasteiger partial charge in [0.2, 0.25) is 0 Å². The summed E-state index contributed by atoms with van der Waals surface area (Å²) in [5.74, 6) is 0. The lowest BCUT2D eigenvalue weighted by atomic mass is 10.2. The predicted octanol–water partition coefficient (Wildman–Crippen LogP) is 0.405. The van der Waals surface area contributed by atoms with Crippen LogP contribution in [0.15, 0.2) is 30.6 Å². The lowest BCUT2D eigenvalue weighted by molar-refractivity contribution is 0.00304. The maximum atomic E-state index is 8.46. The van der Waals surface area contributed by atoms with E-state index in [1.54, 1.807) is 24.5 Å². The zero-order valence-electron chi connectivity index (χ0n) is 5.88. The van der Waals surface area contributed by atoms with Crippen LogP contribution in [-0.4, -0.2) is 21.5 Å². The zero-order chi connectivity index (χ0) is 8.10. The third-order valence-electron chi connectivity index (χ3n) is 1.15. The third kappa shape index (κ3) is 2.93. The van der Waals surface area contributed by atoms with Gasteiger partial charge in [-0.1, -0.05) is 12.1 Å². The van der Waals surface area contributed by atoms with Crippen molar-refractivity contribution in [2.75, 3.05) is 0 Å². The van der Waals surface area contributed by atoms with E-state index < -0.39 is 6.29 Å². The molecule has 0 aliphatic rings. The first-order valence-electron chi connectivity index (χ1n) is 3.23. The van der Waals surface area contributed by atoms with Crippen LogP contribution >= 0.6 is 0 Å². The summed E-state index contributed by atoms with van der Waals surface area (Å²) < 4.78 is 0. The normalized spacial score (nSPS) is 11.2. The molecular formula is C8H9NO2. The summed E-state index contributed by atoms with van der Waals surface area (Å²) in [5.41, 5.74) is 0.848. The Morgan fingerprint density at radius 2 is 2.27 bits per heavy atom. The fraction of sp³-hybridized carbons (Fsp3) is 0.125. The Balaban J connectivity index is 2.65. The minimum absolute atomic E-state index is 0.848. The van der Waals surface area contributed by atoms with Crippen LogP contribution in [0.2, 0.25) is 0 Å². The number of aliphatic hydroxyl groups excluding tert-OH is 1. The molecule has 1 aromatic heterocycles. The fourth-order valence-electron chi connectivity index (χ4n) is 0.672. The van der Waals surface area contributed by atoms with E-state index in [2.05, 4.69) is 4.98 Å². The summed E-state index contributed by atoms with van der Waals surface area (Å²) in [4.78, 5) is 3.85. The first-order valence-corrected chi connectivity index (χ1v) is 3.23. The minimum Gasteiger partial charge on any atom is -0.365 e. The highest BCUT2D eigenvalue weighted by Crippen LogP contribution is 1.98. The van der Waals surface area contributed by atoms with Crippen molar-refractivity contribution in [2.24, 2.45) is 0 Å². The summed E-state index contributed by atoms with van der Waals surface area (Å²) in [5, 5.41) is 16.9. The van der Waals surface area contributed by atoms with Gasteiger partial charge < -0.3 is 10.2 Å². The molecule has 0 amide bonds. The lowest BCUT2D eigenvalue weighted by Gasteiger charge is -1.92. The standard InChI is InChI=1S/C8H9NO2/c10-8(11)4-3-7-2-1-5-9-6-7/h1-6,8,10-11H/b4-3+. The summed E-state index contributed by atoms with van der Waals surface area (Å²) in [6, 6.07) is 3.61. The maximum absolute atomic E-state index is 8.46. The Morgan fingerprint density at radius 3 is 2.82 bits per heavy atom. The maximum Gasteiger partial charge on any atom is 0.171 e. The summed E-state index contributed by atoms with van der Waals surface area (Å²) in [6.07, 6.45) is 4.77. The Bertz CT molecular complexity index is 231. The molecule has 0 saturated carbocycles. The molecule has 0 aliphatic carbocycles. The Hall–Kier alpha value is -1.19. The van der Waals surface area contributed by atoms with Crippen molar-refractivity contribution < 1.29 is 10.2 Å². The van der Waals surface area contributed by atoms with E-state index in [0.29, 0.717) is 0 Å². The largest absolute Gasteiger partial charge is 0.365 e. The molecule has 1 heterocycles. The second kappa shape index (κ2) is 3.85. The van der Waals surface area contributed by atoms with Gasteiger partial charge in [0.25, 0.3) is 0 Å². The summed E-state index contributed by atoms with van der Waals surface area (Å²) in [6.45, 7) is 0. The van der Waals surface area contributed by atoms with Gasteiger partial charge >= 0.3 is 0 Å². The molecule has 0 saturated heterocycles. The molecule has 3 heteroatoms. The number of hydrogen-bond acceptors (Lipinski definition) is 3. The number of pyridine rings is 1. The van der Waals surface area contributed by atoms with Crippen molar-refractivity contribution in [3.05, 3.63) is 36.2 Å². The van der Waals surface area contributed by atoms with Gasteiger partial charge in [0.05, 0.1) is 0 Å². The van der Waals surface area contributed by atoms with Gasteiger partial charge in [-0.3, -0.25) is 4.98 Å². The topological polar surface area (TPSA) is 53.4 Å². The van der Waals surface area contributed by atoms with Gasteiger partial charge in [-0.15, -0.1) is 0 Å². The van der Waals surface area contributed by atoms with Crippen LogP contribution in [0.25, 0.3) is 6.08 Å². The number of aromatic nitrogens is 1. The molecule has 0 atom stereocenters. The van der Waals surface area contributed by atoms with Crippen molar-refractivity contribution in [3.8, 4) is 0 Å². The SMILES string of the molecule is OC(O)/C=C/c1cccnc1. The van der Waals surface area contributed by atoms with Crippen LogP contribution in [0, 0.1) is 0 Å². The molecular weight excluding hydrogens is 142 g/mol. The first-order chi connectivity index (χ1) is 5.29. The van der Waals surface area contributed by atoms with Gasteiger partial charge in [0.1, 0.15) is 0 Å². The van der Waals surface area contributed by atoms with Crippen LogP contribution in [0.4, 0.5) is 0 Å². The third-order valence-corrected chi connectivity index (χ3v) is 1.15. The van der Waals surface area contributed by atoms with E-state index in [1.807, 2.05) is 6.07 Å². The number of hydrogen-bond donors (Lipinski definition) is 2. The van der Waals surface area contributed by atoms with Gasteiger partial charge in [-0.05, 0) is 17.7 Å². The molecule has 58 valence electrons. The molecule has 0 fully saturated rings. The second-order valence-corrected chi connectivity index (χ2v) is 2.06. The number of rotatable bonds is 2. The van der Waals surface area contributed by atoms with Crippen molar-refractivity contribution >= 4 is 6.08 Å². The molecule has 0 spiro atoms. The Kier molecular flexibility index (Phi) is 2.77. The van der Waals surface area contributed by atoms with Crippen molar-refractivity contribution in [3.63, 3.8) is 0 Å². The van der Waals surface area contributed by atoms with Crippen molar-refractivity contribution in [2.45, 2.75) is 6.29 Å². The molecule has 1 rings (SSSR count). The van der Waals surface area contributed by atoms with E-state index in [1.165, 1.54) is 6.08 Å². The second-order valence-electron chi connectivity index (χ2n) is 2.06. The van der Waals surface area contributed by atoms with E-state index in [0.717, 1.165) is 5.56 Å². The summed E-state index contributed by atoms with van der Waals surface area (Å²) >= 11 is 0. The summed E-state index contributed by atoms with van der Waals surface area (Å²) in [7, 11) is 0. The molecule has 11 heavy (non-hydrogen) atoms. The smallest absolute Gasteiger partial charge is 0.171 e. The van der Waals surface area contributed by atoms with E-state index in [-0.39, 0.29) is 0 Å². The molecule has 0 aliphatic heterocycles. The highest BCUT2D eigenvalue weighted by molar-refractivity contribution is 5.47. The Morgan fingerprint density at radius 1 is 1.45 bits per heavy atom. The highest BCUT2D eigenvalue weighted by Gasteiger charge is 1.87. The van der Waals surface area contributed by atoms with E-state index in [9.17, 15) is 0 Å². The van der Waals surface area contributed by atoms with Crippen LogP contribution in [0.1, 0.15) is 5.56 Å². The molecule has 0 aromatic carbocycles. The highest BCUT2D eigenvalue weighted by atomic mass is 16.5. The fourth-order valence-corrected chi connectivity index (χ4v) is 0.672. The number of aliphatic hydroxyl groups is 2. The Labute approximate surface area is 64.6 Å². The number of nitrogens with zero attached hydrogens (tertiary/aromatic N) is 1. The van der Waals surface area contributed by atoms with Crippen LogP contribution in [-0.2, 0) is 0 Å². The predicted molar refractivity (Wildman–Crippen MR) is 41.5 cm³/mol. The monoisotopic (exact) mass is 151 g/mol. The van der Waals surface area contributed by atoms with Crippen LogP contribution in [0.5, 0.6) is 0 Å². The van der Waals surface area contributed by atoms with Gasteiger partial charge in [-0.25, -0.2) is 0 Å². The molecule has 3 nitrogen and oxygen atoms in total. The average Bonchev–Trinajstić information content (AvgIpc) is 2.03. The van der Waals surface area contributed by atoms with Crippen LogP contribution in [0.3, 0.4) is 0 Å². The van der Waals surface area contributed by atoms with Gasteiger partial charge in [0.15, 0.2) is 6.29 Å². The first kappa shape index (κ1) is 7.91. The van der Waals surface area contributed by atoms with Crippen LogP contribution < -0.4 is 0 Å². The molecule has 0 radical (unpaired) electrons. The lowest BCUT2D eigenvalue weighted by Crippen LogP contribution is -1.96. The van der Waals surface area contributed by atoms with Gasteiger partial charge in [-0.2, -0.15) is 0 Å². The van der Waals surface area contributed by atoms with Crippen molar-refractivity contribution in [1.82, 2.24) is 4.98 Å². The molecule has 1 aromatic rings. The minimum atomic E-state index is -1.39. The molecule has 2 N–H and O–H groups in total. The van der Waals surface area contributed by atoms with E-state index >= 15 is 0 Å². The molecule has 0 bridgehead atoms. The van der Waals surface area contributed by atoms with Gasteiger partial charge in [0, 0.05) is 12.4 Å². The molecule has 0 unspecified atom stereocenters. The quantitative estimate of drug-likeness (QED) is 0.602.